The Kier molecular flexibility index (Phi) is 5.73. The van der Waals surface area contributed by atoms with Crippen molar-refractivity contribution in [2.75, 3.05) is 7.05 Å². The smallest absolute Gasteiger partial charge is 0.222 e. The van der Waals surface area contributed by atoms with E-state index in [9.17, 15) is 4.79 Å². The highest BCUT2D eigenvalue weighted by molar-refractivity contribution is 5.76. The zero-order chi connectivity index (χ0) is 15.9. The van der Waals surface area contributed by atoms with Crippen LogP contribution in [-0.4, -0.2) is 17.9 Å². The maximum atomic E-state index is 12.4. The van der Waals surface area contributed by atoms with Gasteiger partial charge in [-0.15, -0.1) is 0 Å². The van der Waals surface area contributed by atoms with E-state index in [1.807, 2.05) is 74.6 Å². The van der Waals surface area contributed by atoms with Gasteiger partial charge in [0, 0.05) is 19.5 Å². The SMILES string of the molecule is C[C@@H](c1ccccc1)N(C)C(=O)CC[C@@H](N)c1ccccc1. The van der Waals surface area contributed by atoms with Gasteiger partial charge in [-0.25, -0.2) is 0 Å². The van der Waals surface area contributed by atoms with Gasteiger partial charge in [0.05, 0.1) is 6.04 Å². The van der Waals surface area contributed by atoms with E-state index >= 15 is 0 Å². The lowest BCUT2D eigenvalue weighted by Crippen LogP contribution is -2.30. The Hall–Kier alpha value is -2.13. The minimum absolute atomic E-state index is 0.0710. The van der Waals surface area contributed by atoms with Gasteiger partial charge in [-0.3, -0.25) is 4.79 Å². The van der Waals surface area contributed by atoms with Gasteiger partial charge in [0.25, 0.3) is 0 Å². The largest absolute Gasteiger partial charge is 0.339 e. The lowest BCUT2D eigenvalue weighted by molar-refractivity contribution is -0.132. The van der Waals surface area contributed by atoms with Crippen LogP contribution in [0.5, 0.6) is 0 Å². The lowest BCUT2D eigenvalue weighted by atomic mass is 10.0. The van der Waals surface area contributed by atoms with Crippen molar-refractivity contribution in [2.45, 2.75) is 31.8 Å². The summed E-state index contributed by atoms with van der Waals surface area (Å²) in [5.41, 5.74) is 8.38. The van der Waals surface area contributed by atoms with E-state index in [4.69, 9.17) is 5.73 Å². The quantitative estimate of drug-likeness (QED) is 0.883. The number of nitrogens with zero attached hydrogens (tertiary/aromatic N) is 1. The highest BCUT2D eigenvalue weighted by Gasteiger charge is 2.18. The summed E-state index contributed by atoms with van der Waals surface area (Å²) in [4.78, 5) is 14.2. The summed E-state index contributed by atoms with van der Waals surface area (Å²) in [6, 6.07) is 20.0. The summed E-state index contributed by atoms with van der Waals surface area (Å²) in [6.07, 6.45) is 1.12. The minimum Gasteiger partial charge on any atom is -0.339 e. The van der Waals surface area contributed by atoms with Crippen LogP contribution in [0.4, 0.5) is 0 Å². The van der Waals surface area contributed by atoms with E-state index in [1.54, 1.807) is 4.90 Å². The molecule has 0 radical (unpaired) electrons. The molecule has 0 aliphatic heterocycles. The van der Waals surface area contributed by atoms with Gasteiger partial charge >= 0.3 is 0 Å². The van der Waals surface area contributed by atoms with Crippen LogP contribution in [0.1, 0.15) is 43.0 Å². The third-order valence-corrected chi connectivity index (χ3v) is 4.15. The zero-order valence-electron chi connectivity index (χ0n) is 13.3. The molecule has 2 atom stereocenters. The molecule has 2 aromatic carbocycles. The van der Waals surface area contributed by atoms with Gasteiger partial charge in [0.15, 0.2) is 0 Å². The molecule has 116 valence electrons. The molecule has 0 bridgehead atoms. The summed E-state index contributed by atoms with van der Waals surface area (Å²) >= 11 is 0. The molecule has 0 aromatic heterocycles. The molecular formula is C19H24N2O. The molecule has 2 N–H and O–H groups in total. The summed E-state index contributed by atoms with van der Waals surface area (Å²) < 4.78 is 0. The number of hydrogen-bond donors (Lipinski definition) is 1. The van der Waals surface area contributed by atoms with Gasteiger partial charge in [0.2, 0.25) is 5.91 Å². The molecule has 2 rings (SSSR count). The molecule has 0 fully saturated rings. The van der Waals surface area contributed by atoms with Crippen LogP contribution in [0, 0.1) is 0 Å². The van der Waals surface area contributed by atoms with E-state index in [1.165, 1.54) is 0 Å². The molecule has 1 amide bonds. The molecule has 0 saturated heterocycles. The van der Waals surface area contributed by atoms with Crippen molar-refractivity contribution in [1.82, 2.24) is 4.90 Å². The second kappa shape index (κ2) is 7.76. The molecule has 2 aromatic rings. The third kappa shape index (κ3) is 4.18. The molecule has 3 heteroatoms. The average molecular weight is 296 g/mol. The van der Waals surface area contributed by atoms with Crippen molar-refractivity contribution in [3.05, 3.63) is 71.8 Å². The Morgan fingerprint density at radius 3 is 2.05 bits per heavy atom. The van der Waals surface area contributed by atoms with E-state index in [0.717, 1.165) is 11.1 Å². The Balaban J connectivity index is 1.89. The molecule has 0 spiro atoms. The summed E-state index contributed by atoms with van der Waals surface area (Å²) in [5, 5.41) is 0. The highest BCUT2D eigenvalue weighted by Crippen LogP contribution is 2.21. The van der Waals surface area contributed by atoms with Crippen LogP contribution in [0.15, 0.2) is 60.7 Å². The van der Waals surface area contributed by atoms with Crippen LogP contribution in [0.3, 0.4) is 0 Å². The number of nitrogens with two attached hydrogens (primary N) is 1. The lowest BCUT2D eigenvalue weighted by Gasteiger charge is -2.26. The van der Waals surface area contributed by atoms with Crippen molar-refractivity contribution in [3.63, 3.8) is 0 Å². The summed E-state index contributed by atoms with van der Waals surface area (Å²) in [5.74, 6) is 0.128. The Morgan fingerprint density at radius 1 is 1.00 bits per heavy atom. The first-order chi connectivity index (χ1) is 10.6. The van der Waals surface area contributed by atoms with E-state index in [-0.39, 0.29) is 18.0 Å². The first kappa shape index (κ1) is 16.2. The standard InChI is InChI=1S/C19H24N2O/c1-15(16-9-5-3-6-10-16)21(2)19(22)14-13-18(20)17-11-7-4-8-12-17/h3-12,15,18H,13-14,20H2,1-2H3/t15-,18+/m0/s1. The van der Waals surface area contributed by atoms with E-state index < -0.39 is 0 Å². The summed E-state index contributed by atoms with van der Waals surface area (Å²) in [6.45, 7) is 2.05. The molecule has 0 unspecified atom stereocenters. The third-order valence-electron chi connectivity index (χ3n) is 4.15. The van der Waals surface area contributed by atoms with Crippen molar-refractivity contribution in [1.29, 1.82) is 0 Å². The van der Waals surface area contributed by atoms with Gasteiger partial charge in [0.1, 0.15) is 0 Å². The predicted octanol–water partition coefficient (Wildman–Crippen LogP) is 3.69. The molecule has 0 aliphatic carbocycles. The maximum Gasteiger partial charge on any atom is 0.222 e. The topological polar surface area (TPSA) is 46.3 Å². The van der Waals surface area contributed by atoms with Crippen LogP contribution < -0.4 is 5.73 Å². The Morgan fingerprint density at radius 2 is 1.50 bits per heavy atom. The normalized spacial score (nSPS) is 13.4. The Bertz CT molecular complexity index is 583. The minimum atomic E-state index is -0.0921. The average Bonchev–Trinajstić information content (AvgIpc) is 2.59. The summed E-state index contributed by atoms with van der Waals surface area (Å²) in [7, 11) is 1.86. The van der Waals surface area contributed by atoms with Crippen LogP contribution in [-0.2, 0) is 4.79 Å². The van der Waals surface area contributed by atoms with Crippen molar-refractivity contribution >= 4 is 5.91 Å². The van der Waals surface area contributed by atoms with Gasteiger partial charge < -0.3 is 10.6 Å². The zero-order valence-corrected chi connectivity index (χ0v) is 13.3. The number of carbonyl (C=O) groups excluding carboxylic acids is 1. The monoisotopic (exact) mass is 296 g/mol. The number of rotatable bonds is 6. The fourth-order valence-electron chi connectivity index (χ4n) is 2.49. The predicted molar refractivity (Wildman–Crippen MR) is 90.2 cm³/mol. The van der Waals surface area contributed by atoms with Gasteiger partial charge in [-0.2, -0.15) is 0 Å². The first-order valence-electron chi connectivity index (χ1n) is 7.70. The van der Waals surface area contributed by atoms with E-state index in [0.29, 0.717) is 12.8 Å². The van der Waals surface area contributed by atoms with Crippen LogP contribution in [0.25, 0.3) is 0 Å². The van der Waals surface area contributed by atoms with Crippen molar-refractivity contribution in [3.8, 4) is 0 Å². The molecule has 22 heavy (non-hydrogen) atoms. The van der Waals surface area contributed by atoms with E-state index in [2.05, 4.69) is 0 Å². The van der Waals surface area contributed by atoms with Gasteiger partial charge in [-0.05, 0) is 24.5 Å². The van der Waals surface area contributed by atoms with Crippen molar-refractivity contribution < 1.29 is 4.79 Å². The second-order valence-corrected chi connectivity index (χ2v) is 5.65. The second-order valence-electron chi connectivity index (χ2n) is 5.65. The molecule has 0 aliphatic rings. The number of benzene rings is 2. The number of amides is 1. The molecular weight excluding hydrogens is 272 g/mol. The molecule has 0 saturated carbocycles. The van der Waals surface area contributed by atoms with Crippen LogP contribution >= 0.6 is 0 Å². The number of carbonyl (C=O) groups is 1. The Labute approximate surface area is 132 Å². The first-order valence-corrected chi connectivity index (χ1v) is 7.70. The number of hydrogen-bond acceptors (Lipinski definition) is 2. The maximum absolute atomic E-state index is 12.4. The molecule has 0 heterocycles. The molecule has 3 nitrogen and oxygen atoms in total. The fraction of sp³-hybridized carbons (Fsp3) is 0.316. The highest BCUT2D eigenvalue weighted by atomic mass is 16.2. The van der Waals surface area contributed by atoms with Gasteiger partial charge in [-0.1, -0.05) is 60.7 Å². The van der Waals surface area contributed by atoms with Crippen molar-refractivity contribution in [2.24, 2.45) is 5.73 Å². The fourth-order valence-corrected chi connectivity index (χ4v) is 2.49. The van der Waals surface area contributed by atoms with Crippen LogP contribution in [0.2, 0.25) is 0 Å².